The van der Waals surface area contributed by atoms with Gasteiger partial charge in [-0.3, -0.25) is 15.0 Å². The number of aryl methyl sites for hydroxylation is 1. The Morgan fingerprint density at radius 2 is 1.95 bits per heavy atom. The molecule has 2 aliphatic rings. The van der Waals surface area contributed by atoms with Crippen LogP contribution in [0.15, 0.2) is 47.7 Å². The van der Waals surface area contributed by atoms with Crippen LogP contribution in [0.4, 0.5) is 0 Å². The summed E-state index contributed by atoms with van der Waals surface area (Å²) in [6, 6.07) is 4.15. The van der Waals surface area contributed by atoms with Gasteiger partial charge in [0.2, 0.25) is 0 Å². The van der Waals surface area contributed by atoms with Gasteiger partial charge in [-0.05, 0) is 24.6 Å². The smallest absolute Gasteiger partial charge is 0.107 e. The Bertz CT molecular complexity index is 772. The molecular formula is C17H14N4. The second-order valence-electron chi connectivity index (χ2n) is 5.28. The highest BCUT2D eigenvalue weighted by Gasteiger charge is 2.26. The lowest BCUT2D eigenvalue weighted by Crippen LogP contribution is -2.16. The molecule has 0 radical (unpaired) electrons. The summed E-state index contributed by atoms with van der Waals surface area (Å²) in [4.78, 5) is 18.1. The summed E-state index contributed by atoms with van der Waals surface area (Å²) in [5.74, 6) is 0.300. The van der Waals surface area contributed by atoms with Crippen LogP contribution in [0, 0.1) is 12.8 Å². The van der Waals surface area contributed by atoms with Gasteiger partial charge in [-0.1, -0.05) is 24.3 Å². The van der Waals surface area contributed by atoms with Crippen LogP contribution in [0.2, 0.25) is 0 Å². The molecule has 0 spiro atoms. The van der Waals surface area contributed by atoms with Crippen LogP contribution in [0.1, 0.15) is 23.0 Å². The van der Waals surface area contributed by atoms with E-state index in [4.69, 9.17) is 4.98 Å². The van der Waals surface area contributed by atoms with Gasteiger partial charge in [-0.25, -0.2) is 4.98 Å². The quantitative estimate of drug-likeness (QED) is 0.802. The molecule has 0 saturated carbocycles. The molecule has 21 heavy (non-hydrogen) atoms. The fraction of sp³-hybridized carbons (Fsp3) is 0.176. The molecule has 2 atom stereocenters. The SMILES string of the molecule is Cc1cnc(-c2ccc3c(n2)C2N=CC=CC2C=C3)cn1. The predicted octanol–water partition coefficient (Wildman–Crippen LogP) is 3.17. The van der Waals surface area contributed by atoms with E-state index in [9.17, 15) is 0 Å². The van der Waals surface area contributed by atoms with Gasteiger partial charge >= 0.3 is 0 Å². The summed E-state index contributed by atoms with van der Waals surface area (Å²) in [7, 11) is 0. The van der Waals surface area contributed by atoms with E-state index in [1.165, 1.54) is 0 Å². The Labute approximate surface area is 123 Å². The molecule has 0 N–H and O–H groups in total. The van der Waals surface area contributed by atoms with Gasteiger partial charge in [0.25, 0.3) is 0 Å². The standard InChI is InChI=1S/C17H14N4/c1-11-9-20-15(10-19-11)14-7-6-13-5-4-12-3-2-8-18-16(12)17(13)21-14/h2-10,12,16H,1H3. The predicted molar refractivity (Wildman–Crippen MR) is 82.9 cm³/mol. The van der Waals surface area contributed by atoms with Crippen LogP contribution >= 0.6 is 0 Å². The molecule has 0 fully saturated rings. The Morgan fingerprint density at radius 3 is 2.81 bits per heavy atom. The van der Waals surface area contributed by atoms with Crippen LogP contribution in [-0.4, -0.2) is 21.2 Å². The highest BCUT2D eigenvalue weighted by Crippen LogP contribution is 2.36. The van der Waals surface area contributed by atoms with Crippen molar-refractivity contribution in [1.29, 1.82) is 0 Å². The molecule has 0 aromatic carbocycles. The van der Waals surface area contributed by atoms with E-state index in [1.54, 1.807) is 12.4 Å². The number of nitrogens with zero attached hydrogens (tertiary/aromatic N) is 4. The number of pyridine rings is 1. The molecule has 4 nitrogen and oxygen atoms in total. The number of fused-ring (bicyclic) bond motifs is 3. The third-order valence-corrected chi connectivity index (χ3v) is 3.81. The molecule has 0 saturated heterocycles. The lowest BCUT2D eigenvalue weighted by atomic mass is 9.87. The summed E-state index contributed by atoms with van der Waals surface area (Å²) in [5, 5.41) is 0. The van der Waals surface area contributed by atoms with E-state index in [-0.39, 0.29) is 6.04 Å². The molecule has 4 heteroatoms. The Kier molecular flexibility index (Phi) is 2.74. The Balaban J connectivity index is 1.80. The maximum Gasteiger partial charge on any atom is 0.107 e. The van der Waals surface area contributed by atoms with Crippen molar-refractivity contribution in [3.63, 3.8) is 0 Å². The summed E-state index contributed by atoms with van der Waals surface area (Å²) >= 11 is 0. The van der Waals surface area contributed by atoms with Gasteiger partial charge in [0, 0.05) is 18.3 Å². The topological polar surface area (TPSA) is 51.0 Å². The molecule has 1 aliphatic carbocycles. The average Bonchev–Trinajstić information content (AvgIpc) is 2.55. The first-order valence-corrected chi connectivity index (χ1v) is 6.99. The van der Waals surface area contributed by atoms with Crippen molar-refractivity contribution in [2.45, 2.75) is 13.0 Å². The molecule has 102 valence electrons. The van der Waals surface area contributed by atoms with E-state index in [2.05, 4.69) is 39.3 Å². The van der Waals surface area contributed by atoms with E-state index in [0.717, 1.165) is 28.3 Å². The van der Waals surface area contributed by atoms with E-state index < -0.39 is 0 Å². The fourth-order valence-corrected chi connectivity index (χ4v) is 2.69. The van der Waals surface area contributed by atoms with Gasteiger partial charge in [-0.2, -0.15) is 0 Å². The molecule has 2 aromatic heterocycles. The van der Waals surface area contributed by atoms with Gasteiger partial charge < -0.3 is 0 Å². The molecule has 2 aromatic rings. The third-order valence-electron chi connectivity index (χ3n) is 3.81. The number of rotatable bonds is 1. The molecule has 2 unspecified atom stereocenters. The molecular weight excluding hydrogens is 260 g/mol. The number of allylic oxidation sites excluding steroid dienone is 1. The first kappa shape index (κ1) is 12.1. The Hall–Kier alpha value is -2.62. The summed E-state index contributed by atoms with van der Waals surface area (Å²) in [6.45, 7) is 1.93. The maximum atomic E-state index is 4.80. The first-order valence-electron chi connectivity index (χ1n) is 6.99. The van der Waals surface area contributed by atoms with Gasteiger partial charge in [-0.15, -0.1) is 0 Å². The van der Waals surface area contributed by atoms with Gasteiger partial charge in [0.1, 0.15) is 11.7 Å². The van der Waals surface area contributed by atoms with Crippen LogP contribution < -0.4 is 0 Å². The van der Waals surface area contributed by atoms with E-state index in [1.807, 2.05) is 25.3 Å². The lowest BCUT2D eigenvalue weighted by Gasteiger charge is -2.25. The van der Waals surface area contributed by atoms with Gasteiger partial charge in [0.15, 0.2) is 0 Å². The van der Waals surface area contributed by atoms with E-state index >= 15 is 0 Å². The minimum Gasteiger partial charge on any atom is -0.282 e. The highest BCUT2D eigenvalue weighted by atomic mass is 14.9. The van der Waals surface area contributed by atoms with Crippen LogP contribution in [-0.2, 0) is 0 Å². The molecule has 0 bridgehead atoms. The largest absolute Gasteiger partial charge is 0.282 e. The number of hydrogen-bond donors (Lipinski definition) is 0. The van der Waals surface area contributed by atoms with Crippen LogP contribution in [0.3, 0.4) is 0 Å². The van der Waals surface area contributed by atoms with Crippen molar-refractivity contribution < 1.29 is 0 Å². The first-order chi connectivity index (χ1) is 10.3. The zero-order chi connectivity index (χ0) is 14.2. The maximum absolute atomic E-state index is 4.80. The van der Waals surface area contributed by atoms with Crippen molar-refractivity contribution in [3.8, 4) is 11.4 Å². The summed E-state index contributed by atoms with van der Waals surface area (Å²) < 4.78 is 0. The highest BCUT2D eigenvalue weighted by molar-refractivity contribution is 5.74. The minimum atomic E-state index is 0.0772. The van der Waals surface area contributed by atoms with Crippen molar-refractivity contribution in [2.75, 3.05) is 0 Å². The van der Waals surface area contributed by atoms with Crippen molar-refractivity contribution >= 4 is 12.3 Å². The summed E-state index contributed by atoms with van der Waals surface area (Å²) in [6.07, 6.45) is 13.9. The number of aliphatic imine (C=N–C) groups is 1. The van der Waals surface area contributed by atoms with Crippen molar-refractivity contribution in [2.24, 2.45) is 10.9 Å². The number of dihydropyridines is 1. The zero-order valence-corrected chi connectivity index (χ0v) is 11.6. The van der Waals surface area contributed by atoms with Crippen molar-refractivity contribution in [1.82, 2.24) is 15.0 Å². The third kappa shape index (κ3) is 2.09. The lowest BCUT2D eigenvalue weighted by molar-refractivity contribution is 0.594. The minimum absolute atomic E-state index is 0.0772. The normalized spacial score (nSPS) is 22.0. The van der Waals surface area contributed by atoms with E-state index in [0.29, 0.717) is 5.92 Å². The monoisotopic (exact) mass is 274 g/mol. The number of aromatic nitrogens is 3. The zero-order valence-electron chi connectivity index (χ0n) is 11.6. The summed E-state index contributed by atoms with van der Waals surface area (Å²) in [5.41, 5.74) is 4.70. The second kappa shape index (κ2) is 4.74. The second-order valence-corrected chi connectivity index (χ2v) is 5.28. The molecule has 4 rings (SSSR count). The molecule has 0 amide bonds. The molecule has 3 heterocycles. The van der Waals surface area contributed by atoms with Gasteiger partial charge in [0.05, 0.1) is 23.3 Å². The van der Waals surface area contributed by atoms with Crippen molar-refractivity contribution in [3.05, 3.63) is 59.7 Å². The average molecular weight is 274 g/mol. The Morgan fingerprint density at radius 1 is 1.00 bits per heavy atom. The van der Waals surface area contributed by atoms with Crippen LogP contribution in [0.5, 0.6) is 0 Å². The fourth-order valence-electron chi connectivity index (χ4n) is 2.69. The number of hydrogen-bond acceptors (Lipinski definition) is 4. The molecule has 1 aliphatic heterocycles. The van der Waals surface area contributed by atoms with Crippen LogP contribution in [0.25, 0.3) is 17.5 Å².